The van der Waals surface area contributed by atoms with Crippen LogP contribution in [0.5, 0.6) is 0 Å². The summed E-state index contributed by atoms with van der Waals surface area (Å²) < 4.78 is 2.68. The molecule has 6 rings (SSSR count). The van der Waals surface area contributed by atoms with Crippen molar-refractivity contribution in [3.63, 3.8) is 0 Å². The Bertz CT molecular complexity index is 1890. The maximum Gasteiger partial charge on any atom is 0.0625 e. The Morgan fingerprint density at radius 2 is 1.63 bits per heavy atom. The minimum atomic E-state index is 0.119. The molecule has 2 heteroatoms. The summed E-state index contributed by atoms with van der Waals surface area (Å²) in [5.74, 6) is 0. The van der Waals surface area contributed by atoms with E-state index in [-0.39, 0.29) is 3.42 Å². The molecule has 35 heavy (non-hydrogen) atoms. The van der Waals surface area contributed by atoms with E-state index in [4.69, 9.17) is 6.58 Å². The molecule has 0 aliphatic rings. The molecule has 0 atom stereocenters. The fourth-order valence-corrected chi connectivity index (χ4v) is 6.49. The van der Waals surface area contributed by atoms with E-state index in [9.17, 15) is 0 Å². The zero-order valence-corrected chi connectivity index (χ0v) is 23.2. The van der Waals surface area contributed by atoms with Gasteiger partial charge in [0.25, 0.3) is 0 Å². The minimum Gasteiger partial charge on any atom is -0.308 e. The molecule has 6 aromatic rings. The molecule has 0 aliphatic carbocycles. The standard InChI is InChI=1S/C33H30IN/c1-7-10-22-14-16-25-24-11-8-9-12-28(24)35-31(25)30(22)21(4)29-20(3)23-15-13-19(2)17-26(23)27(32(29)35)18-33(5,6)34/h7-17H,4,18H2,1-3,5-6H3/b10-7-. The number of aromatic nitrogens is 1. The van der Waals surface area contributed by atoms with E-state index in [0.717, 1.165) is 11.6 Å². The van der Waals surface area contributed by atoms with E-state index >= 15 is 0 Å². The van der Waals surface area contributed by atoms with Gasteiger partial charge >= 0.3 is 0 Å². The van der Waals surface area contributed by atoms with E-state index in [0.29, 0.717) is 0 Å². The van der Waals surface area contributed by atoms with Crippen LogP contribution in [0.15, 0.2) is 60.7 Å². The molecule has 0 aliphatic heterocycles. The van der Waals surface area contributed by atoms with Crippen LogP contribution in [0.2, 0.25) is 0 Å². The second kappa shape index (κ2) is 7.83. The van der Waals surface area contributed by atoms with Crippen molar-refractivity contribution in [2.75, 3.05) is 0 Å². The Balaban J connectivity index is 2.05. The lowest BCUT2D eigenvalue weighted by Crippen LogP contribution is -2.17. The number of halogens is 1. The molecular formula is C33H30IN. The van der Waals surface area contributed by atoms with Gasteiger partial charge in [-0.15, -0.1) is 0 Å². The highest BCUT2D eigenvalue weighted by molar-refractivity contribution is 14.1. The molecule has 0 saturated heterocycles. The van der Waals surface area contributed by atoms with Crippen LogP contribution in [0.25, 0.3) is 61.5 Å². The number of benzene rings is 4. The second-order valence-corrected chi connectivity index (χ2v) is 13.4. The predicted molar refractivity (Wildman–Crippen MR) is 164 cm³/mol. The molecule has 4 aromatic carbocycles. The van der Waals surface area contributed by atoms with Crippen LogP contribution >= 0.6 is 22.6 Å². The zero-order valence-electron chi connectivity index (χ0n) is 21.1. The number of nitrogens with zero attached hydrogens (tertiary/aromatic N) is 1. The number of rotatable bonds is 3. The summed E-state index contributed by atoms with van der Waals surface area (Å²) in [4.78, 5) is 0. The van der Waals surface area contributed by atoms with Gasteiger partial charge in [-0.2, -0.15) is 0 Å². The summed E-state index contributed by atoms with van der Waals surface area (Å²) in [6, 6.07) is 20.4. The van der Waals surface area contributed by atoms with Crippen molar-refractivity contribution < 1.29 is 0 Å². The van der Waals surface area contributed by atoms with Crippen molar-refractivity contribution in [1.29, 1.82) is 0 Å². The van der Waals surface area contributed by atoms with E-state index in [2.05, 4.69) is 128 Å². The average Bonchev–Trinajstić information content (AvgIpc) is 3.14. The highest BCUT2D eigenvalue weighted by atomic mass is 127. The van der Waals surface area contributed by atoms with Gasteiger partial charge in [0, 0.05) is 25.0 Å². The molecule has 0 bridgehead atoms. The van der Waals surface area contributed by atoms with Crippen molar-refractivity contribution in [1.82, 2.24) is 4.40 Å². The second-order valence-electron chi connectivity index (χ2n) is 10.5. The molecule has 0 unspecified atom stereocenters. The van der Waals surface area contributed by atoms with Crippen LogP contribution in [0.1, 0.15) is 43.0 Å². The third-order valence-corrected chi connectivity index (χ3v) is 7.82. The molecule has 1 nitrogen and oxygen atoms in total. The molecule has 0 spiro atoms. The Kier molecular flexibility index (Phi) is 5.05. The van der Waals surface area contributed by atoms with Crippen LogP contribution in [0, 0.1) is 13.8 Å². The first-order chi connectivity index (χ1) is 16.7. The number of allylic oxidation sites excluding steroid dienone is 1. The molecule has 0 amide bonds. The smallest absolute Gasteiger partial charge is 0.0625 e. The number of hydrogen-bond donors (Lipinski definition) is 0. The lowest BCUT2D eigenvalue weighted by atomic mass is 9.88. The number of fused-ring (bicyclic) bond motifs is 6. The van der Waals surface area contributed by atoms with Gasteiger partial charge in [-0.25, -0.2) is 0 Å². The summed E-state index contributed by atoms with van der Waals surface area (Å²) in [6.45, 7) is 16.0. The number of hydrogen-bond acceptors (Lipinski definition) is 0. The van der Waals surface area contributed by atoms with Crippen LogP contribution < -0.4 is 5.22 Å². The van der Waals surface area contributed by atoms with Gasteiger partial charge in [0.15, 0.2) is 0 Å². The molecule has 0 N–H and O–H groups in total. The number of alkyl halides is 1. The quantitative estimate of drug-likeness (QED) is 0.114. The topological polar surface area (TPSA) is 4.41 Å². The van der Waals surface area contributed by atoms with Crippen molar-refractivity contribution in [3.05, 3.63) is 88.1 Å². The first kappa shape index (κ1) is 22.6. The maximum absolute atomic E-state index is 4.77. The van der Waals surface area contributed by atoms with E-state index in [1.807, 2.05) is 0 Å². The van der Waals surface area contributed by atoms with Gasteiger partial charge in [-0.3, -0.25) is 0 Å². The van der Waals surface area contributed by atoms with Gasteiger partial charge in [0.05, 0.1) is 16.6 Å². The molecule has 0 fully saturated rings. The maximum atomic E-state index is 4.77. The largest absolute Gasteiger partial charge is 0.308 e. The summed E-state index contributed by atoms with van der Waals surface area (Å²) in [7, 11) is 0. The fraction of sp³-hybridized carbons (Fsp3) is 0.212. The lowest BCUT2D eigenvalue weighted by Gasteiger charge is -2.23. The van der Waals surface area contributed by atoms with Crippen molar-refractivity contribution in [2.45, 2.75) is 44.5 Å². The Morgan fingerprint density at radius 3 is 2.37 bits per heavy atom. The van der Waals surface area contributed by atoms with E-state index < -0.39 is 0 Å². The number of aryl methyl sites for hydroxylation is 2. The lowest BCUT2D eigenvalue weighted by molar-refractivity contribution is 0.750. The first-order valence-electron chi connectivity index (χ1n) is 12.3. The number of pyridine rings is 1. The van der Waals surface area contributed by atoms with Crippen LogP contribution in [-0.2, 0) is 6.42 Å². The van der Waals surface area contributed by atoms with Gasteiger partial charge in [-0.1, -0.05) is 109 Å². The molecular weight excluding hydrogens is 537 g/mol. The Labute approximate surface area is 220 Å². The Morgan fingerprint density at radius 1 is 0.886 bits per heavy atom. The summed E-state index contributed by atoms with van der Waals surface area (Å²) >= 11 is 2.61. The highest BCUT2D eigenvalue weighted by Gasteiger charge is 2.24. The van der Waals surface area contributed by atoms with E-state index in [1.54, 1.807) is 0 Å². The monoisotopic (exact) mass is 567 g/mol. The van der Waals surface area contributed by atoms with Gasteiger partial charge in [0.2, 0.25) is 0 Å². The third-order valence-electron chi connectivity index (χ3n) is 7.44. The summed E-state index contributed by atoms with van der Waals surface area (Å²) in [5, 5.41) is 9.02. The van der Waals surface area contributed by atoms with Crippen molar-refractivity contribution in [2.24, 2.45) is 0 Å². The third kappa shape index (κ3) is 3.26. The molecule has 174 valence electrons. The molecule has 2 heterocycles. The highest BCUT2D eigenvalue weighted by Crippen LogP contribution is 2.41. The number of para-hydroxylation sites is 1. The minimum absolute atomic E-state index is 0.119. The molecule has 2 aromatic heterocycles. The summed E-state index contributed by atoms with van der Waals surface area (Å²) in [5.41, 5.74) is 9.17. The van der Waals surface area contributed by atoms with E-state index in [1.165, 1.54) is 71.1 Å². The molecule has 0 saturated carbocycles. The average molecular weight is 568 g/mol. The van der Waals surface area contributed by atoms with Gasteiger partial charge < -0.3 is 4.40 Å². The van der Waals surface area contributed by atoms with Crippen molar-refractivity contribution >= 4 is 84.1 Å². The van der Waals surface area contributed by atoms with Crippen LogP contribution in [0.3, 0.4) is 0 Å². The van der Waals surface area contributed by atoms with Crippen LogP contribution in [0.4, 0.5) is 0 Å². The SMILES string of the molecule is C=c1c2c(C)c3ccc(C)cc3c(CC(C)(C)I)c2n2c3ccccc3c3ccc(/C=C\C)c1c32. The summed E-state index contributed by atoms with van der Waals surface area (Å²) in [6.07, 6.45) is 5.34. The zero-order chi connectivity index (χ0) is 24.6. The predicted octanol–water partition coefficient (Wildman–Crippen LogP) is 9.09. The van der Waals surface area contributed by atoms with Crippen molar-refractivity contribution in [3.8, 4) is 0 Å². The molecule has 0 radical (unpaired) electrons. The fourth-order valence-electron chi connectivity index (χ4n) is 6.11. The van der Waals surface area contributed by atoms with Crippen LogP contribution in [-0.4, -0.2) is 7.82 Å². The van der Waals surface area contributed by atoms with Gasteiger partial charge in [0.1, 0.15) is 0 Å². The van der Waals surface area contributed by atoms with Gasteiger partial charge in [-0.05, 0) is 65.9 Å². The first-order valence-corrected chi connectivity index (χ1v) is 13.4. The Hall–Kier alpha value is -2.85. The normalized spacial score (nSPS) is 13.0.